The fourth-order valence-corrected chi connectivity index (χ4v) is 3.32. The molecule has 0 aliphatic heterocycles. The lowest BCUT2D eigenvalue weighted by molar-refractivity contribution is -0.387. The number of rotatable bonds is 8. The van der Waals surface area contributed by atoms with E-state index in [1.807, 2.05) is 0 Å². The Kier molecular flexibility index (Phi) is 7.43. The lowest BCUT2D eigenvalue weighted by Gasteiger charge is -2.23. The number of methoxy groups -OCH3 is 1. The van der Waals surface area contributed by atoms with Crippen molar-refractivity contribution in [2.24, 2.45) is 5.92 Å². The summed E-state index contributed by atoms with van der Waals surface area (Å²) in [7, 11) is -3.13. The van der Waals surface area contributed by atoms with Crippen molar-refractivity contribution in [3.05, 3.63) is 34.4 Å². The van der Waals surface area contributed by atoms with Crippen LogP contribution in [0.15, 0.2) is 29.2 Å². The van der Waals surface area contributed by atoms with Gasteiger partial charge in [-0.05, 0) is 33.3 Å². The van der Waals surface area contributed by atoms with Crippen LogP contribution < -0.4 is 4.72 Å². The normalized spacial score (nSPS) is 12.9. The summed E-state index contributed by atoms with van der Waals surface area (Å²) in [4.78, 5) is 33.6. The van der Waals surface area contributed by atoms with Gasteiger partial charge in [-0.25, -0.2) is 13.1 Å². The first-order valence-electron chi connectivity index (χ1n) is 7.93. The molecule has 0 bridgehead atoms. The quantitative estimate of drug-likeness (QED) is 0.297. The van der Waals surface area contributed by atoms with Gasteiger partial charge in [-0.2, -0.15) is 0 Å². The van der Waals surface area contributed by atoms with Crippen molar-refractivity contribution in [1.29, 1.82) is 0 Å². The maximum atomic E-state index is 12.3. The molecular weight excluding hydrogens is 380 g/mol. The van der Waals surface area contributed by atoms with Crippen LogP contribution in [0.2, 0.25) is 0 Å². The van der Waals surface area contributed by atoms with E-state index in [0.717, 1.165) is 19.2 Å². The molecule has 0 spiro atoms. The van der Waals surface area contributed by atoms with E-state index in [0.29, 0.717) is 0 Å². The van der Waals surface area contributed by atoms with Crippen LogP contribution in [0.1, 0.15) is 27.2 Å². The van der Waals surface area contributed by atoms with Crippen LogP contribution in [0.5, 0.6) is 0 Å². The van der Waals surface area contributed by atoms with Gasteiger partial charge in [-0.1, -0.05) is 12.1 Å². The van der Waals surface area contributed by atoms with Crippen LogP contribution in [0, 0.1) is 16.0 Å². The number of hydrogen-bond acceptors (Lipinski definition) is 8. The molecule has 1 atom stereocenters. The number of hydrogen-bond donors (Lipinski definition) is 1. The van der Waals surface area contributed by atoms with Crippen molar-refractivity contribution in [3.63, 3.8) is 0 Å². The standard InChI is InChI=1S/C16H22N2O8S/c1-16(2,3)26-15(20)11(14(19)25-4)9-10-17-27(23,24)13-8-6-5-7-12(13)18(21)22/h5-8,11,17H,9-10H2,1-4H3/t11-/m0/s1. The van der Waals surface area contributed by atoms with Crippen LogP contribution in [-0.4, -0.2) is 44.5 Å². The molecule has 0 unspecified atom stereocenters. The summed E-state index contributed by atoms with van der Waals surface area (Å²) >= 11 is 0. The van der Waals surface area contributed by atoms with E-state index in [1.54, 1.807) is 20.8 Å². The second-order valence-corrected chi connectivity index (χ2v) is 8.26. The highest BCUT2D eigenvalue weighted by atomic mass is 32.2. The van der Waals surface area contributed by atoms with Gasteiger partial charge in [0.05, 0.1) is 12.0 Å². The molecule has 150 valence electrons. The topological polar surface area (TPSA) is 142 Å². The molecule has 1 N–H and O–H groups in total. The zero-order chi connectivity index (χ0) is 20.8. The Hall–Kier alpha value is -2.53. The Morgan fingerprint density at radius 2 is 1.81 bits per heavy atom. The van der Waals surface area contributed by atoms with E-state index in [2.05, 4.69) is 9.46 Å². The summed E-state index contributed by atoms with van der Waals surface area (Å²) in [5.41, 5.74) is -1.42. The maximum Gasteiger partial charge on any atom is 0.320 e. The first kappa shape index (κ1) is 22.5. The van der Waals surface area contributed by atoms with Gasteiger partial charge in [0.2, 0.25) is 10.0 Å². The highest BCUT2D eigenvalue weighted by Gasteiger charge is 2.33. The number of benzene rings is 1. The average Bonchev–Trinajstić information content (AvgIpc) is 2.56. The lowest BCUT2D eigenvalue weighted by Crippen LogP contribution is -2.36. The first-order valence-corrected chi connectivity index (χ1v) is 9.41. The van der Waals surface area contributed by atoms with Crippen molar-refractivity contribution in [2.45, 2.75) is 37.7 Å². The number of ether oxygens (including phenoxy) is 2. The minimum absolute atomic E-state index is 0.235. The monoisotopic (exact) mass is 402 g/mol. The molecule has 1 rings (SSSR count). The summed E-state index contributed by atoms with van der Waals surface area (Å²) in [6, 6.07) is 4.84. The van der Waals surface area contributed by atoms with Gasteiger partial charge in [-0.15, -0.1) is 0 Å². The Labute approximate surface area is 157 Å². The SMILES string of the molecule is COC(=O)[C@H](CCNS(=O)(=O)c1ccccc1[N+](=O)[O-])C(=O)OC(C)(C)C. The van der Waals surface area contributed by atoms with Gasteiger partial charge in [0.15, 0.2) is 10.8 Å². The second-order valence-electron chi connectivity index (χ2n) is 6.52. The molecule has 0 radical (unpaired) electrons. The predicted octanol–water partition coefficient (Wildman–Crippen LogP) is 1.39. The van der Waals surface area contributed by atoms with Crippen molar-refractivity contribution < 1.29 is 32.4 Å². The number of nitrogens with one attached hydrogen (secondary N) is 1. The molecule has 27 heavy (non-hydrogen) atoms. The highest BCUT2D eigenvalue weighted by molar-refractivity contribution is 7.89. The smallest absolute Gasteiger partial charge is 0.320 e. The third-order valence-electron chi connectivity index (χ3n) is 3.25. The van der Waals surface area contributed by atoms with Gasteiger partial charge in [-0.3, -0.25) is 19.7 Å². The van der Waals surface area contributed by atoms with Crippen molar-refractivity contribution in [2.75, 3.05) is 13.7 Å². The molecule has 0 saturated carbocycles. The Morgan fingerprint density at radius 1 is 1.22 bits per heavy atom. The molecule has 1 aromatic rings. The average molecular weight is 402 g/mol. The van der Waals surface area contributed by atoms with Gasteiger partial charge >= 0.3 is 11.9 Å². The summed E-state index contributed by atoms with van der Waals surface area (Å²) in [6.07, 6.45) is -0.235. The third kappa shape index (κ3) is 6.61. The second kappa shape index (κ2) is 8.91. The fourth-order valence-electron chi connectivity index (χ4n) is 2.10. The zero-order valence-electron chi connectivity index (χ0n) is 15.4. The Morgan fingerprint density at radius 3 is 2.33 bits per heavy atom. The number of nitrogens with zero attached hydrogens (tertiary/aromatic N) is 1. The molecule has 0 fully saturated rings. The first-order chi connectivity index (χ1) is 12.4. The Bertz CT molecular complexity index is 814. The van der Waals surface area contributed by atoms with Gasteiger partial charge in [0.25, 0.3) is 5.69 Å². The van der Waals surface area contributed by atoms with E-state index in [4.69, 9.17) is 4.74 Å². The lowest BCUT2D eigenvalue weighted by atomic mass is 10.1. The number of nitro groups is 1. The highest BCUT2D eigenvalue weighted by Crippen LogP contribution is 2.23. The predicted molar refractivity (Wildman–Crippen MR) is 94.3 cm³/mol. The van der Waals surface area contributed by atoms with Crippen LogP contribution in [-0.2, 0) is 29.1 Å². The molecule has 0 aromatic heterocycles. The molecule has 0 amide bonds. The number of nitro benzene ring substituents is 1. The van der Waals surface area contributed by atoms with Gasteiger partial charge < -0.3 is 9.47 Å². The molecule has 10 nitrogen and oxygen atoms in total. The molecule has 0 heterocycles. The van der Waals surface area contributed by atoms with Crippen LogP contribution in [0.25, 0.3) is 0 Å². The van der Waals surface area contributed by atoms with E-state index in [-0.39, 0.29) is 13.0 Å². The summed E-state index contributed by atoms with van der Waals surface area (Å²) in [5.74, 6) is -3.05. The van der Waals surface area contributed by atoms with Gasteiger partial charge in [0.1, 0.15) is 5.60 Å². The van der Waals surface area contributed by atoms with Crippen LogP contribution in [0.4, 0.5) is 5.69 Å². The number of esters is 2. The largest absolute Gasteiger partial charge is 0.468 e. The van der Waals surface area contributed by atoms with E-state index in [9.17, 15) is 28.1 Å². The van der Waals surface area contributed by atoms with E-state index >= 15 is 0 Å². The third-order valence-corrected chi connectivity index (χ3v) is 4.76. The molecule has 11 heteroatoms. The zero-order valence-corrected chi connectivity index (χ0v) is 16.2. The summed E-state index contributed by atoms with van der Waals surface area (Å²) in [6.45, 7) is 4.54. The minimum Gasteiger partial charge on any atom is -0.468 e. The van der Waals surface area contributed by atoms with Crippen molar-refractivity contribution >= 4 is 27.6 Å². The number of sulfonamides is 1. The molecule has 0 saturated heterocycles. The fraction of sp³-hybridized carbons (Fsp3) is 0.500. The minimum atomic E-state index is -4.22. The Balaban J connectivity index is 2.90. The number of para-hydroxylation sites is 1. The van der Waals surface area contributed by atoms with Crippen LogP contribution >= 0.6 is 0 Å². The molecule has 0 aliphatic rings. The molecule has 1 aromatic carbocycles. The summed E-state index contributed by atoms with van der Waals surface area (Å²) in [5, 5.41) is 11.0. The van der Waals surface area contributed by atoms with Crippen molar-refractivity contribution in [3.8, 4) is 0 Å². The number of carbonyl (C=O) groups excluding carboxylic acids is 2. The van der Waals surface area contributed by atoms with E-state index in [1.165, 1.54) is 12.1 Å². The molecular formula is C16H22N2O8S. The maximum absolute atomic E-state index is 12.3. The van der Waals surface area contributed by atoms with E-state index < -0.39 is 49.0 Å². The number of carbonyl (C=O) groups is 2. The van der Waals surface area contributed by atoms with Crippen molar-refractivity contribution in [1.82, 2.24) is 4.72 Å². The van der Waals surface area contributed by atoms with Crippen LogP contribution in [0.3, 0.4) is 0 Å². The molecule has 0 aliphatic carbocycles. The summed E-state index contributed by atoms with van der Waals surface area (Å²) < 4.78 is 36.5. The van der Waals surface area contributed by atoms with Gasteiger partial charge in [0, 0.05) is 12.6 Å².